The van der Waals surface area contributed by atoms with E-state index in [4.69, 9.17) is 0 Å². The van der Waals surface area contributed by atoms with Crippen molar-refractivity contribution in [2.45, 2.75) is 36.8 Å². The number of hydrogen-bond donors (Lipinski definition) is 0. The van der Waals surface area contributed by atoms with E-state index in [9.17, 15) is 0 Å². The first-order valence-electron chi connectivity index (χ1n) is 5.02. The van der Waals surface area contributed by atoms with Gasteiger partial charge in [0.05, 0.1) is 0 Å². The Morgan fingerprint density at radius 1 is 1.40 bits per heavy atom. The van der Waals surface area contributed by atoms with Crippen LogP contribution in [0.2, 0.25) is 0 Å². The molecule has 1 aromatic heterocycles. The summed E-state index contributed by atoms with van der Waals surface area (Å²) < 4.78 is 1.06. The van der Waals surface area contributed by atoms with Gasteiger partial charge in [0.1, 0.15) is 5.01 Å². The summed E-state index contributed by atoms with van der Waals surface area (Å²) in [5.41, 5.74) is 0. The topological polar surface area (TPSA) is 25.8 Å². The molecule has 0 fully saturated rings. The smallest absolute Gasteiger partial charge is 0.143 e. The molecular formula is C11H16N2S2. The van der Waals surface area contributed by atoms with Gasteiger partial charge in [0.2, 0.25) is 0 Å². The standard InChI is InChI=1S/C11H16N2S2/c1-4-6-7-8-10(5-2)15-11-13-12-9(3)14-11/h4,6-8,10H,5H2,1-3H3. The van der Waals surface area contributed by atoms with Crippen LogP contribution in [0.4, 0.5) is 0 Å². The van der Waals surface area contributed by atoms with E-state index in [1.54, 1.807) is 23.1 Å². The highest BCUT2D eigenvalue weighted by Crippen LogP contribution is 2.28. The maximum atomic E-state index is 4.11. The third kappa shape index (κ3) is 4.62. The number of thioether (sulfide) groups is 1. The molecule has 0 aliphatic carbocycles. The van der Waals surface area contributed by atoms with E-state index in [2.05, 4.69) is 35.3 Å². The number of hydrogen-bond acceptors (Lipinski definition) is 4. The van der Waals surface area contributed by atoms with Crippen molar-refractivity contribution in [2.75, 3.05) is 0 Å². The fraction of sp³-hybridized carbons (Fsp3) is 0.455. The number of rotatable bonds is 5. The molecule has 0 radical (unpaired) electrons. The largest absolute Gasteiger partial charge is 0.174 e. The van der Waals surface area contributed by atoms with Crippen molar-refractivity contribution in [3.63, 3.8) is 0 Å². The van der Waals surface area contributed by atoms with Crippen molar-refractivity contribution in [2.24, 2.45) is 0 Å². The Kier molecular flexibility index (Phi) is 5.65. The molecule has 0 bridgehead atoms. The quantitative estimate of drug-likeness (QED) is 0.577. The molecule has 0 N–H and O–H groups in total. The van der Waals surface area contributed by atoms with E-state index in [0.717, 1.165) is 15.8 Å². The molecule has 0 aliphatic heterocycles. The zero-order valence-electron chi connectivity index (χ0n) is 9.30. The molecular weight excluding hydrogens is 224 g/mol. The van der Waals surface area contributed by atoms with Gasteiger partial charge >= 0.3 is 0 Å². The SMILES string of the molecule is CC=CC=CC(CC)Sc1nnc(C)s1. The first kappa shape index (κ1) is 12.5. The molecule has 82 valence electrons. The highest BCUT2D eigenvalue weighted by atomic mass is 32.2. The molecule has 0 amide bonds. The van der Waals surface area contributed by atoms with E-state index in [0.29, 0.717) is 5.25 Å². The molecule has 0 aliphatic rings. The predicted octanol–water partition coefficient (Wildman–Crippen LogP) is 3.85. The van der Waals surface area contributed by atoms with Crippen molar-refractivity contribution in [3.8, 4) is 0 Å². The lowest BCUT2D eigenvalue weighted by Gasteiger charge is -2.05. The molecule has 0 aromatic carbocycles. The van der Waals surface area contributed by atoms with Crippen LogP contribution in [-0.4, -0.2) is 15.4 Å². The lowest BCUT2D eigenvalue weighted by atomic mass is 10.3. The van der Waals surface area contributed by atoms with Crippen molar-refractivity contribution >= 4 is 23.1 Å². The second-order valence-electron chi connectivity index (χ2n) is 3.06. The molecule has 0 saturated heterocycles. The summed E-state index contributed by atoms with van der Waals surface area (Å²) in [5.74, 6) is 0. The Bertz CT molecular complexity index is 342. The van der Waals surface area contributed by atoms with Crippen molar-refractivity contribution < 1.29 is 0 Å². The molecule has 15 heavy (non-hydrogen) atoms. The Labute approximate surface area is 99.5 Å². The van der Waals surface area contributed by atoms with Gasteiger partial charge in [0, 0.05) is 5.25 Å². The first-order valence-corrected chi connectivity index (χ1v) is 6.72. The third-order valence-corrected chi connectivity index (χ3v) is 4.04. The van der Waals surface area contributed by atoms with E-state index < -0.39 is 0 Å². The molecule has 0 saturated carbocycles. The van der Waals surface area contributed by atoms with Gasteiger partial charge in [0.25, 0.3) is 0 Å². The van der Waals surface area contributed by atoms with Crippen LogP contribution in [0.3, 0.4) is 0 Å². The minimum atomic E-state index is 0.494. The zero-order valence-corrected chi connectivity index (χ0v) is 10.9. The molecule has 4 heteroatoms. The zero-order chi connectivity index (χ0) is 11.1. The lowest BCUT2D eigenvalue weighted by molar-refractivity contribution is 0.953. The Balaban J connectivity index is 2.53. The van der Waals surface area contributed by atoms with Crippen LogP contribution in [0.1, 0.15) is 25.3 Å². The van der Waals surface area contributed by atoms with E-state index in [1.807, 2.05) is 19.9 Å². The third-order valence-electron chi connectivity index (χ3n) is 1.79. The summed E-state index contributed by atoms with van der Waals surface area (Å²) >= 11 is 3.44. The number of aryl methyl sites for hydroxylation is 1. The van der Waals surface area contributed by atoms with Gasteiger partial charge in [-0.05, 0) is 20.3 Å². The highest BCUT2D eigenvalue weighted by molar-refractivity contribution is 8.01. The fourth-order valence-corrected chi connectivity index (χ4v) is 3.04. The molecule has 1 atom stereocenters. The van der Waals surface area contributed by atoms with Gasteiger partial charge in [-0.2, -0.15) is 0 Å². The highest BCUT2D eigenvalue weighted by Gasteiger charge is 2.07. The summed E-state index contributed by atoms with van der Waals surface area (Å²) in [7, 11) is 0. The van der Waals surface area contributed by atoms with E-state index >= 15 is 0 Å². The summed E-state index contributed by atoms with van der Waals surface area (Å²) in [6.45, 7) is 6.19. The van der Waals surface area contributed by atoms with Crippen LogP contribution >= 0.6 is 23.1 Å². The number of aromatic nitrogens is 2. The average Bonchev–Trinajstić information content (AvgIpc) is 2.63. The normalized spacial score (nSPS) is 14.1. The Morgan fingerprint density at radius 3 is 2.73 bits per heavy atom. The Hall–Kier alpha value is -0.610. The monoisotopic (exact) mass is 240 g/mol. The van der Waals surface area contributed by atoms with Crippen molar-refractivity contribution in [3.05, 3.63) is 29.3 Å². The van der Waals surface area contributed by atoms with Gasteiger partial charge in [-0.3, -0.25) is 0 Å². The predicted molar refractivity (Wildman–Crippen MR) is 68.5 cm³/mol. The maximum absolute atomic E-state index is 4.11. The summed E-state index contributed by atoms with van der Waals surface area (Å²) in [5, 5.41) is 9.65. The molecule has 1 rings (SSSR count). The second-order valence-corrected chi connectivity index (χ2v) is 5.73. The second kappa shape index (κ2) is 6.80. The van der Waals surface area contributed by atoms with Crippen LogP contribution in [0.25, 0.3) is 0 Å². The van der Waals surface area contributed by atoms with Crippen molar-refractivity contribution in [1.29, 1.82) is 0 Å². The molecule has 1 aromatic rings. The summed E-state index contributed by atoms with van der Waals surface area (Å²) in [4.78, 5) is 0. The molecule has 0 spiro atoms. The van der Waals surface area contributed by atoms with E-state index in [-0.39, 0.29) is 0 Å². The van der Waals surface area contributed by atoms with Gasteiger partial charge < -0.3 is 0 Å². The minimum Gasteiger partial charge on any atom is -0.143 e. The molecule has 1 heterocycles. The van der Waals surface area contributed by atoms with Crippen molar-refractivity contribution in [1.82, 2.24) is 10.2 Å². The van der Waals surface area contributed by atoms with E-state index in [1.165, 1.54) is 0 Å². The number of nitrogens with zero attached hydrogens (tertiary/aromatic N) is 2. The first-order chi connectivity index (χ1) is 7.26. The van der Waals surface area contributed by atoms with Crippen LogP contribution in [0.5, 0.6) is 0 Å². The van der Waals surface area contributed by atoms with Gasteiger partial charge in [-0.15, -0.1) is 10.2 Å². The van der Waals surface area contributed by atoms with Gasteiger partial charge in [-0.25, -0.2) is 0 Å². The van der Waals surface area contributed by atoms with Crippen LogP contribution in [0.15, 0.2) is 28.6 Å². The summed E-state index contributed by atoms with van der Waals surface area (Å²) in [6.07, 6.45) is 9.49. The van der Waals surface area contributed by atoms with Gasteiger partial charge in [-0.1, -0.05) is 54.3 Å². The summed E-state index contributed by atoms with van der Waals surface area (Å²) in [6, 6.07) is 0. The maximum Gasteiger partial charge on any atom is 0.174 e. The minimum absolute atomic E-state index is 0.494. The number of allylic oxidation sites excluding steroid dienone is 3. The Morgan fingerprint density at radius 2 is 2.20 bits per heavy atom. The molecule has 2 nitrogen and oxygen atoms in total. The van der Waals surface area contributed by atoms with Crippen LogP contribution < -0.4 is 0 Å². The van der Waals surface area contributed by atoms with Crippen LogP contribution in [-0.2, 0) is 0 Å². The molecule has 1 unspecified atom stereocenters. The fourth-order valence-electron chi connectivity index (χ4n) is 1.01. The average molecular weight is 240 g/mol. The van der Waals surface area contributed by atoms with Gasteiger partial charge in [0.15, 0.2) is 4.34 Å². The van der Waals surface area contributed by atoms with Crippen LogP contribution in [0, 0.1) is 6.92 Å². The lowest BCUT2D eigenvalue weighted by Crippen LogP contribution is -1.94.